The predicted octanol–water partition coefficient (Wildman–Crippen LogP) is 0.329. The number of aromatic nitrogens is 2. The van der Waals surface area contributed by atoms with Gasteiger partial charge in [0.25, 0.3) is 0 Å². The van der Waals surface area contributed by atoms with E-state index in [0.29, 0.717) is 0 Å². The van der Waals surface area contributed by atoms with Crippen molar-refractivity contribution < 1.29 is 19.6 Å². The Labute approximate surface area is 107 Å². The van der Waals surface area contributed by atoms with Crippen molar-refractivity contribution in [2.75, 3.05) is 0 Å². The summed E-state index contributed by atoms with van der Waals surface area (Å²) in [5.41, 5.74) is -1.30. The Kier molecular flexibility index (Phi) is 3.19. The van der Waals surface area contributed by atoms with Gasteiger partial charge in [-0.05, 0) is 19.8 Å². The first-order valence-electron chi connectivity index (χ1n) is 5.67. The fraction of sp³-hybridized carbons (Fsp3) is 0.500. The molecule has 1 heterocycles. The van der Waals surface area contributed by atoms with Crippen LogP contribution in [0.5, 0.6) is 0 Å². The summed E-state index contributed by atoms with van der Waals surface area (Å²) >= 11 is 0. The molecule has 1 fully saturated rings. The van der Waals surface area contributed by atoms with Crippen LogP contribution in [-0.2, 0) is 4.79 Å². The van der Waals surface area contributed by atoms with E-state index in [-0.39, 0.29) is 11.9 Å². The highest BCUT2D eigenvalue weighted by Crippen LogP contribution is 2.22. The molecule has 1 atom stereocenters. The molecule has 19 heavy (non-hydrogen) atoms. The highest BCUT2D eigenvalue weighted by Gasteiger charge is 2.30. The molecule has 0 aromatic carbocycles. The summed E-state index contributed by atoms with van der Waals surface area (Å²) in [6.45, 7) is 1.50. The zero-order valence-electron chi connectivity index (χ0n) is 10.1. The van der Waals surface area contributed by atoms with Crippen LogP contribution in [0.2, 0.25) is 0 Å². The Balaban J connectivity index is 2.23. The van der Waals surface area contributed by atoms with Gasteiger partial charge >= 0.3 is 11.7 Å². The average Bonchev–Trinajstić information content (AvgIpc) is 3.02. The van der Waals surface area contributed by atoms with Crippen LogP contribution in [0.3, 0.4) is 0 Å². The molecule has 1 amide bonds. The fourth-order valence-corrected chi connectivity index (χ4v) is 1.54. The van der Waals surface area contributed by atoms with E-state index < -0.39 is 28.3 Å². The van der Waals surface area contributed by atoms with Crippen LogP contribution in [0.25, 0.3) is 0 Å². The molecular weight excluding hydrogens is 256 g/mol. The standard InChI is InChI=1S/C10H12N4O5/c1-5(9(15)11-6-2-3-6)13-4-7(14(18)19)8(12-13)10(16)17/h4-6H,2-3H2,1H3,(H,11,15)(H,16,17). The molecule has 0 saturated heterocycles. The number of carboxylic acids is 1. The van der Waals surface area contributed by atoms with Crippen molar-refractivity contribution in [1.82, 2.24) is 15.1 Å². The van der Waals surface area contributed by atoms with Gasteiger partial charge in [0.1, 0.15) is 12.2 Å². The van der Waals surface area contributed by atoms with Crippen molar-refractivity contribution in [3.8, 4) is 0 Å². The quantitative estimate of drug-likeness (QED) is 0.585. The van der Waals surface area contributed by atoms with E-state index in [1.54, 1.807) is 0 Å². The summed E-state index contributed by atoms with van der Waals surface area (Å²) in [5.74, 6) is -1.84. The van der Waals surface area contributed by atoms with Gasteiger partial charge in [-0.1, -0.05) is 0 Å². The van der Waals surface area contributed by atoms with Crippen molar-refractivity contribution in [2.24, 2.45) is 0 Å². The lowest BCUT2D eigenvalue weighted by Gasteiger charge is -2.11. The van der Waals surface area contributed by atoms with Gasteiger partial charge in [-0.2, -0.15) is 5.10 Å². The molecule has 0 spiro atoms. The Morgan fingerprint density at radius 2 is 2.26 bits per heavy atom. The predicted molar refractivity (Wildman–Crippen MR) is 61.7 cm³/mol. The number of hydrogen-bond acceptors (Lipinski definition) is 5. The lowest BCUT2D eigenvalue weighted by molar-refractivity contribution is -0.385. The zero-order chi connectivity index (χ0) is 14.2. The normalized spacial score (nSPS) is 15.8. The Bertz CT molecular complexity index is 517. The highest BCUT2D eigenvalue weighted by molar-refractivity contribution is 5.90. The van der Waals surface area contributed by atoms with Crippen LogP contribution in [0.4, 0.5) is 5.69 Å². The van der Waals surface area contributed by atoms with Gasteiger partial charge in [0.05, 0.1) is 4.92 Å². The molecule has 9 nitrogen and oxygen atoms in total. The van der Waals surface area contributed by atoms with E-state index in [4.69, 9.17) is 5.11 Å². The van der Waals surface area contributed by atoms with Crippen molar-refractivity contribution in [2.45, 2.75) is 31.8 Å². The van der Waals surface area contributed by atoms with E-state index in [1.807, 2.05) is 0 Å². The summed E-state index contributed by atoms with van der Waals surface area (Å²) < 4.78 is 0.999. The number of carbonyl (C=O) groups is 2. The lowest BCUT2D eigenvalue weighted by atomic mass is 10.3. The first-order chi connectivity index (χ1) is 8.90. The van der Waals surface area contributed by atoms with E-state index >= 15 is 0 Å². The fourth-order valence-electron chi connectivity index (χ4n) is 1.54. The molecule has 1 aliphatic rings. The zero-order valence-corrected chi connectivity index (χ0v) is 10.1. The van der Waals surface area contributed by atoms with Crippen LogP contribution >= 0.6 is 0 Å². The number of nitrogens with one attached hydrogen (secondary N) is 1. The number of nitrogens with zero attached hydrogens (tertiary/aromatic N) is 3. The van der Waals surface area contributed by atoms with Crippen LogP contribution in [0, 0.1) is 10.1 Å². The third-order valence-corrected chi connectivity index (χ3v) is 2.81. The smallest absolute Gasteiger partial charge is 0.363 e. The number of rotatable bonds is 5. The van der Waals surface area contributed by atoms with Crippen LogP contribution in [0.15, 0.2) is 6.20 Å². The number of nitro groups is 1. The summed E-state index contributed by atoms with van der Waals surface area (Å²) in [4.78, 5) is 32.5. The minimum atomic E-state index is -1.50. The SMILES string of the molecule is CC(C(=O)NC1CC1)n1cc([N+](=O)[O-])c(C(=O)O)n1. The second-order valence-electron chi connectivity index (χ2n) is 4.36. The molecule has 1 unspecified atom stereocenters. The second kappa shape index (κ2) is 4.67. The van der Waals surface area contributed by atoms with Gasteiger partial charge in [0.2, 0.25) is 11.6 Å². The lowest BCUT2D eigenvalue weighted by Crippen LogP contribution is -2.32. The molecule has 102 valence electrons. The second-order valence-corrected chi connectivity index (χ2v) is 4.36. The molecular formula is C10H12N4O5. The minimum absolute atomic E-state index is 0.152. The van der Waals surface area contributed by atoms with Gasteiger partial charge < -0.3 is 10.4 Å². The van der Waals surface area contributed by atoms with E-state index in [9.17, 15) is 19.7 Å². The molecule has 1 aromatic heterocycles. The monoisotopic (exact) mass is 268 g/mol. The van der Waals surface area contributed by atoms with Crippen molar-refractivity contribution in [3.63, 3.8) is 0 Å². The molecule has 1 aliphatic carbocycles. The molecule has 0 bridgehead atoms. The van der Waals surface area contributed by atoms with Gasteiger partial charge in [-0.3, -0.25) is 19.6 Å². The number of aromatic carboxylic acids is 1. The summed E-state index contributed by atoms with van der Waals surface area (Å²) in [5, 5.41) is 25.8. The highest BCUT2D eigenvalue weighted by atomic mass is 16.6. The molecule has 9 heteroatoms. The molecule has 2 rings (SSSR count). The first-order valence-corrected chi connectivity index (χ1v) is 5.67. The van der Waals surface area contributed by atoms with E-state index in [0.717, 1.165) is 23.7 Å². The summed E-state index contributed by atoms with van der Waals surface area (Å²) in [7, 11) is 0. The van der Waals surface area contributed by atoms with E-state index in [1.165, 1.54) is 6.92 Å². The number of carboxylic acid groups (broad SMARTS) is 1. The third-order valence-electron chi connectivity index (χ3n) is 2.81. The van der Waals surface area contributed by atoms with Gasteiger partial charge in [0.15, 0.2) is 0 Å². The summed E-state index contributed by atoms with van der Waals surface area (Å²) in [6, 6.07) is -0.646. The molecule has 1 aromatic rings. The Hall–Kier alpha value is -2.45. The Morgan fingerprint density at radius 3 is 2.68 bits per heavy atom. The molecule has 0 radical (unpaired) electrons. The number of carbonyl (C=O) groups excluding carboxylic acids is 1. The minimum Gasteiger partial charge on any atom is -0.476 e. The van der Waals surface area contributed by atoms with Crippen molar-refractivity contribution in [3.05, 3.63) is 22.0 Å². The van der Waals surface area contributed by atoms with Gasteiger partial charge in [0, 0.05) is 6.04 Å². The molecule has 1 saturated carbocycles. The number of amides is 1. The largest absolute Gasteiger partial charge is 0.476 e. The van der Waals surface area contributed by atoms with Gasteiger partial charge in [-0.15, -0.1) is 0 Å². The van der Waals surface area contributed by atoms with Crippen LogP contribution < -0.4 is 5.32 Å². The van der Waals surface area contributed by atoms with Crippen LogP contribution in [-0.4, -0.2) is 37.7 Å². The maximum absolute atomic E-state index is 11.8. The van der Waals surface area contributed by atoms with Gasteiger partial charge in [-0.25, -0.2) is 4.79 Å². The summed E-state index contributed by atoms with van der Waals surface area (Å²) in [6.07, 6.45) is 2.79. The molecule has 2 N–H and O–H groups in total. The topological polar surface area (TPSA) is 127 Å². The van der Waals surface area contributed by atoms with E-state index in [2.05, 4.69) is 10.4 Å². The number of hydrogen-bond donors (Lipinski definition) is 2. The average molecular weight is 268 g/mol. The van der Waals surface area contributed by atoms with Crippen molar-refractivity contribution in [1.29, 1.82) is 0 Å². The Morgan fingerprint density at radius 1 is 1.63 bits per heavy atom. The maximum atomic E-state index is 11.8. The van der Waals surface area contributed by atoms with Crippen LogP contribution in [0.1, 0.15) is 36.3 Å². The van der Waals surface area contributed by atoms with Crippen molar-refractivity contribution >= 4 is 17.6 Å². The third kappa shape index (κ3) is 2.69. The first kappa shape index (κ1) is 13.0. The maximum Gasteiger partial charge on any atom is 0.363 e. The molecule has 0 aliphatic heterocycles.